The number of hydrogen-bond acceptors (Lipinski definition) is 3. The number of aryl methyl sites for hydroxylation is 1. The molecule has 0 saturated heterocycles. The molecule has 0 aliphatic carbocycles. The van der Waals surface area contributed by atoms with E-state index in [0.29, 0.717) is 21.3 Å². The van der Waals surface area contributed by atoms with Gasteiger partial charge in [0.05, 0.1) is 23.3 Å². The molecule has 0 heterocycles. The van der Waals surface area contributed by atoms with Crippen LogP contribution in [0.2, 0.25) is 5.02 Å². The van der Waals surface area contributed by atoms with Gasteiger partial charge in [-0.1, -0.05) is 86.1 Å². The lowest BCUT2D eigenvalue weighted by atomic mass is 10.0. The Bertz CT molecular complexity index is 865. The minimum absolute atomic E-state index is 0.406. The van der Waals surface area contributed by atoms with Gasteiger partial charge in [0.15, 0.2) is 0 Å². The van der Waals surface area contributed by atoms with Gasteiger partial charge in [-0.05, 0) is 55.4 Å². The molecule has 1 N–H and O–H groups in total. The van der Waals surface area contributed by atoms with Crippen molar-refractivity contribution in [2.45, 2.75) is 51.9 Å². The van der Waals surface area contributed by atoms with E-state index in [4.69, 9.17) is 28.6 Å². The van der Waals surface area contributed by atoms with Crippen LogP contribution in [-0.4, -0.2) is 18.1 Å². The van der Waals surface area contributed by atoms with Crippen molar-refractivity contribution >= 4 is 46.5 Å². The van der Waals surface area contributed by atoms with Crippen molar-refractivity contribution in [2.24, 2.45) is 0 Å². The summed E-state index contributed by atoms with van der Waals surface area (Å²) >= 11 is 11.9. The third-order valence-electron chi connectivity index (χ3n) is 4.78. The van der Waals surface area contributed by atoms with Crippen LogP contribution in [0.5, 0.6) is 0 Å². The van der Waals surface area contributed by atoms with Gasteiger partial charge in [-0.25, -0.2) is 4.79 Å². The number of hydrogen-bond donors (Lipinski definition) is 1. The van der Waals surface area contributed by atoms with Gasteiger partial charge in [-0.15, -0.1) is 0 Å². The zero-order valence-corrected chi connectivity index (χ0v) is 19.3. The Morgan fingerprint density at radius 3 is 2.63 bits per heavy atom. The Balaban J connectivity index is 2.05. The van der Waals surface area contributed by atoms with Crippen molar-refractivity contribution in [1.82, 2.24) is 0 Å². The molecule has 5 heteroatoms. The van der Waals surface area contributed by atoms with Crippen molar-refractivity contribution < 1.29 is 9.53 Å². The number of benzene rings is 2. The van der Waals surface area contributed by atoms with E-state index in [1.165, 1.54) is 12.7 Å². The third kappa shape index (κ3) is 7.92. The van der Waals surface area contributed by atoms with Crippen LogP contribution in [0.4, 0.5) is 5.69 Å². The van der Waals surface area contributed by atoms with Crippen molar-refractivity contribution in [3.8, 4) is 0 Å². The quantitative estimate of drug-likeness (QED) is 0.222. The third-order valence-corrected chi connectivity index (χ3v) is 5.31. The molecule has 0 aliphatic heterocycles. The summed E-state index contributed by atoms with van der Waals surface area (Å²) in [6.45, 7) is 2.15. The van der Waals surface area contributed by atoms with Gasteiger partial charge >= 0.3 is 5.97 Å². The van der Waals surface area contributed by atoms with E-state index in [1.807, 2.05) is 12.1 Å². The SMILES string of the molecule is CCCCC=Cc1cc(Cl)cc(NC(=S)CCCCc2ccccc2)c1C(=O)OC. The van der Waals surface area contributed by atoms with Crippen molar-refractivity contribution in [1.29, 1.82) is 0 Å². The molecule has 0 fully saturated rings. The smallest absolute Gasteiger partial charge is 0.340 e. The van der Waals surface area contributed by atoms with E-state index in [1.54, 1.807) is 12.1 Å². The molecule has 0 spiro atoms. The van der Waals surface area contributed by atoms with Crippen LogP contribution >= 0.6 is 23.8 Å². The molecule has 0 aliphatic rings. The number of allylic oxidation sites excluding steroid dienone is 1. The molecule has 2 aromatic rings. The summed E-state index contributed by atoms with van der Waals surface area (Å²) in [4.78, 5) is 13.2. The summed E-state index contributed by atoms with van der Waals surface area (Å²) in [5.74, 6) is -0.406. The van der Waals surface area contributed by atoms with E-state index >= 15 is 0 Å². The first-order valence-electron chi connectivity index (χ1n) is 10.5. The maximum atomic E-state index is 12.5. The molecule has 2 rings (SSSR count). The Morgan fingerprint density at radius 2 is 1.93 bits per heavy atom. The predicted molar refractivity (Wildman–Crippen MR) is 132 cm³/mol. The predicted octanol–water partition coefficient (Wildman–Crippen LogP) is 7.48. The van der Waals surface area contributed by atoms with Gasteiger partial charge in [-0.3, -0.25) is 0 Å². The lowest BCUT2D eigenvalue weighted by Crippen LogP contribution is -2.15. The van der Waals surface area contributed by atoms with Gasteiger partial charge in [0, 0.05) is 5.02 Å². The molecule has 2 aromatic carbocycles. The van der Waals surface area contributed by atoms with Crippen LogP contribution in [0.25, 0.3) is 6.08 Å². The maximum Gasteiger partial charge on any atom is 0.340 e. The van der Waals surface area contributed by atoms with Gasteiger partial charge in [0.2, 0.25) is 0 Å². The van der Waals surface area contributed by atoms with Crippen molar-refractivity contribution in [3.63, 3.8) is 0 Å². The normalized spacial score (nSPS) is 10.9. The Kier molecular flexibility index (Phi) is 10.6. The highest BCUT2D eigenvalue weighted by Gasteiger charge is 2.18. The minimum Gasteiger partial charge on any atom is -0.465 e. The largest absolute Gasteiger partial charge is 0.465 e. The summed E-state index contributed by atoms with van der Waals surface area (Å²) in [6.07, 6.45) is 11.0. The number of carbonyl (C=O) groups excluding carboxylic acids is 1. The monoisotopic (exact) mass is 443 g/mol. The van der Waals surface area contributed by atoms with Gasteiger partial charge in [-0.2, -0.15) is 0 Å². The van der Waals surface area contributed by atoms with Gasteiger partial charge in [0.1, 0.15) is 0 Å². The first kappa shape index (κ1) is 24.1. The average molecular weight is 444 g/mol. The Labute approximate surface area is 190 Å². The average Bonchev–Trinajstić information content (AvgIpc) is 2.74. The number of esters is 1. The lowest BCUT2D eigenvalue weighted by molar-refractivity contribution is 0.0601. The number of rotatable bonds is 11. The molecule has 0 radical (unpaired) electrons. The van der Waals surface area contributed by atoms with Crippen LogP contribution in [0, 0.1) is 0 Å². The fraction of sp³-hybridized carbons (Fsp3) is 0.360. The van der Waals surface area contributed by atoms with Crippen LogP contribution in [0.15, 0.2) is 48.5 Å². The molecule has 0 atom stereocenters. The highest BCUT2D eigenvalue weighted by molar-refractivity contribution is 7.80. The standard InChI is InChI=1S/C25H30ClNO2S/c1-3-4-5-9-15-20-17-21(26)18-22(24(20)25(28)29-2)27-23(30)16-11-10-14-19-12-7-6-8-13-19/h6-9,12-13,15,17-18H,3-5,10-11,14,16H2,1-2H3,(H,27,30). The molecule has 0 amide bonds. The summed E-state index contributed by atoms with van der Waals surface area (Å²) in [7, 11) is 1.38. The summed E-state index contributed by atoms with van der Waals surface area (Å²) in [6, 6.07) is 13.9. The molecule has 3 nitrogen and oxygen atoms in total. The Hall–Kier alpha value is -2.17. The highest BCUT2D eigenvalue weighted by atomic mass is 35.5. The van der Waals surface area contributed by atoms with E-state index in [9.17, 15) is 4.79 Å². The number of methoxy groups -OCH3 is 1. The molecule has 0 bridgehead atoms. The lowest BCUT2D eigenvalue weighted by Gasteiger charge is -2.15. The van der Waals surface area contributed by atoms with E-state index < -0.39 is 5.97 Å². The molecule has 0 saturated carbocycles. The molecule has 160 valence electrons. The molecule has 30 heavy (non-hydrogen) atoms. The zero-order valence-electron chi connectivity index (χ0n) is 17.7. The van der Waals surface area contributed by atoms with Gasteiger partial charge < -0.3 is 10.1 Å². The fourth-order valence-corrected chi connectivity index (χ4v) is 3.67. The Morgan fingerprint density at radius 1 is 1.17 bits per heavy atom. The molecular weight excluding hydrogens is 414 g/mol. The summed E-state index contributed by atoms with van der Waals surface area (Å²) < 4.78 is 5.01. The number of carbonyl (C=O) groups is 1. The minimum atomic E-state index is -0.406. The van der Waals surface area contributed by atoms with Crippen LogP contribution in [-0.2, 0) is 11.2 Å². The maximum absolute atomic E-state index is 12.5. The number of unbranched alkanes of at least 4 members (excludes halogenated alkanes) is 3. The van der Waals surface area contributed by atoms with E-state index in [-0.39, 0.29) is 0 Å². The van der Waals surface area contributed by atoms with Crippen molar-refractivity contribution in [3.05, 3.63) is 70.3 Å². The van der Waals surface area contributed by atoms with E-state index in [2.05, 4.69) is 42.6 Å². The van der Waals surface area contributed by atoms with Crippen LogP contribution < -0.4 is 5.32 Å². The number of halogens is 1. The fourth-order valence-electron chi connectivity index (χ4n) is 3.19. The molecule has 0 unspecified atom stereocenters. The number of ether oxygens (including phenoxy) is 1. The second-order valence-corrected chi connectivity index (χ2v) is 8.12. The first-order valence-corrected chi connectivity index (χ1v) is 11.3. The first-order chi connectivity index (χ1) is 14.5. The number of nitrogens with one attached hydrogen (secondary N) is 1. The van der Waals surface area contributed by atoms with Crippen LogP contribution in [0.3, 0.4) is 0 Å². The second kappa shape index (κ2) is 13.2. The summed E-state index contributed by atoms with van der Waals surface area (Å²) in [5.41, 5.74) is 3.12. The van der Waals surface area contributed by atoms with Crippen LogP contribution in [0.1, 0.15) is 66.9 Å². The van der Waals surface area contributed by atoms with Gasteiger partial charge in [0.25, 0.3) is 0 Å². The topological polar surface area (TPSA) is 38.3 Å². The molecular formula is C25H30ClNO2S. The van der Waals surface area contributed by atoms with E-state index in [0.717, 1.165) is 50.5 Å². The second-order valence-electron chi connectivity index (χ2n) is 7.19. The number of thiocarbonyl (C=S) groups is 1. The zero-order chi connectivity index (χ0) is 21.8. The highest BCUT2D eigenvalue weighted by Crippen LogP contribution is 2.28. The van der Waals surface area contributed by atoms with Crippen molar-refractivity contribution in [2.75, 3.05) is 12.4 Å². The number of anilines is 1. The molecule has 0 aromatic heterocycles. The summed E-state index contributed by atoms with van der Waals surface area (Å²) in [5, 5.41) is 3.77.